The summed E-state index contributed by atoms with van der Waals surface area (Å²) in [6, 6.07) is 2.82. The van der Waals surface area contributed by atoms with Crippen LogP contribution in [0.15, 0.2) is 0 Å². The van der Waals surface area contributed by atoms with Gasteiger partial charge in [0.25, 0.3) is 8.53 Å². The summed E-state index contributed by atoms with van der Waals surface area (Å²) in [7, 11) is -1.12. The van der Waals surface area contributed by atoms with E-state index in [0.717, 1.165) is 6.42 Å². The van der Waals surface area contributed by atoms with Crippen LogP contribution in [0.25, 0.3) is 0 Å². The third-order valence-corrected chi connectivity index (χ3v) is 5.08. The molecule has 2 unspecified atom stereocenters. The van der Waals surface area contributed by atoms with Crippen molar-refractivity contribution in [3.05, 3.63) is 0 Å². The Balaban J connectivity index is 4.83. The molecular weight excluding hydrogens is 283 g/mol. The molecule has 0 radical (unpaired) electrons. The lowest BCUT2D eigenvalue weighted by molar-refractivity contribution is 0.114. The summed E-state index contributed by atoms with van der Waals surface area (Å²) in [5.41, 5.74) is 0.230. The maximum Gasteiger partial charge on any atom is 0.259 e. The summed E-state index contributed by atoms with van der Waals surface area (Å²) < 4.78 is 14.4. The van der Waals surface area contributed by atoms with E-state index in [9.17, 15) is 0 Å². The van der Waals surface area contributed by atoms with Crippen LogP contribution in [0.2, 0.25) is 0 Å². The predicted molar refractivity (Wildman–Crippen MR) is 89.8 cm³/mol. The first-order valence-corrected chi connectivity index (χ1v) is 8.96. The molecule has 0 aromatic rings. The highest BCUT2D eigenvalue weighted by Crippen LogP contribution is 2.48. The zero-order valence-corrected chi connectivity index (χ0v) is 15.9. The van der Waals surface area contributed by atoms with Crippen molar-refractivity contribution in [3.8, 4) is 6.07 Å². The normalized spacial score (nSPS) is 15.5. The molecule has 0 fully saturated rings. The zero-order chi connectivity index (χ0) is 16.6. The van der Waals surface area contributed by atoms with Crippen molar-refractivity contribution in [2.75, 3.05) is 6.61 Å². The fourth-order valence-electron chi connectivity index (χ4n) is 2.35. The Labute approximate surface area is 132 Å². The average Bonchev–Trinajstić information content (AvgIpc) is 2.25. The van der Waals surface area contributed by atoms with E-state index in [0.29, 0.717) is 25.1 Å². The third-order valence-electron chi connectivity index (χ3n) is 2.83. The molecule has 4 nitrogen and oxygen atoms in total. The van der Waals surface area contributed by atoms with Crippen LogP contribution in [0.3, 0.4) is 0 Å². The highest BCUT2D eigenvalue weighted by molar-refractivity contribution is 7.44. The van der Waals surface area contributed by atoms with E-state index in [4.69, 9.17) is 14.3 Å². The van der Waals surface area contributed by atoms with Gasteiger partial charge in [0.1, 0.15) is 0 Å². The minimum absolute atomic E-state index is 0.137. The van der Waals surface area contributed by atoms with E-state index in [2.05, 4.69) is 66.1 Å². The fourth-order valence-corrected chi connectivity index (χ4v) is 4.04. The molecule has 0 spiro atoms. The molecule has 0 saturated heterocycles. The molecule has 5 heteroatoms. The van der Waals surface area contributed by atoms with E-state index in [1.54, 1.807) is 0 Å². The second-order valence-electron chi connectivity index (χ2n) is 7.23. The van der Waals surface area contributed by atoms with E-state index in [-0.39, 0.29) is 11.5 Å². The standard InChI is InChI=1S/C16H33N2O2P/c1-13(2)18(14(3)4)21(19-11-9-10-17)20-15(5)12-16(6,7)8/h13-15H,9,11-12H2,1-8H3. The molecule has 0 amide bonds. The molecular formula is C16H33N2O2P. The van der Waals surface area contributed by atoms with Crippen LogP contribution in [0, 0.1) is 16.7 Å². The Hall–Kier alpha value is -0.200. The van der Waals surface area contributed by atoms with Crippen LogP contribution in [0.1, 0.15) is 68.2 Å². The zero-order valence-electron chi connectivity index (χ0n) is 15.0. The molecule has 21 heavy (non-hydrogen) atoms. The van der Waals surface area contributed by atoms with Gasteiger partial charge in [0.2, 0.25) is 0 Å². The monoisotopic (exact) mass is 316 g/mol. The summed E-state index contributed by atoms with van der Waals surface area (Å²) in [4.78, 5) is 0. The van der Waals surface area contributed by atoms with E-state index >= 15 is 0 Å². The molecule has 0 aliphatic carbocycles. The number of hydrogen-bond donors (Lipinski definition) is 0. The minimum Gasteiger partial charge on any atom is -0.321 e. The Bertz CT molecular complexity index is 313. The van der Waals surface area contributed by atoms with Crippen LogP contribution >= 0.6 is 8.53 Å². The number of nitriles is 1. The summed E-state index contributed by atoms with van der Waals surface area (Å²) in [5, 5.41) is 8.69. The van der Waals surface area contributed by atoms with E-state index in [1.807, 2.05) is 0 Å². The van der Waals surface area contributed by atoms with Crippen molar-refractivity contribution in [1.29, 1.82) is 5.26 Å². The van der Waals surface area contributed by atoms with Gasteiger partial charge in [0.05, 0.1) is 25.2 Å². The number of rotatable bonds is 9. The molecule has 124 valence electrons. The van der Waals surface area contributed by atoms with Gasteiger partial charge >= 0.3 is 0 Å². The molecule has 0 aliphatic heterocycles. The highest BCUT2D eigenvalue weighted by Gasteiger charge is 2.29. The predicted octanol–water partition coefficient (Wildman–Crippen LogP) is 5.10. The Kier molecular flexibility index (Phi) is 9.65. The van der Waals surface area contributed by atoms with E-state index in [1.165, 1.54) is 0 Å². The quantitative estimate of drug-likeness (QED) is 0.438. The van der Waals surface area contributed by atoms with Gasteiger partial charge in [-0.3, -0.25) is 0 Å². The van der Waals surface area contributed by atoms with Crippen molar-refractivity contribution < 1.29 is 9.05 Å². The molecule has 0 rings (SSSR count). The Morgan fingerprint density at radius 3 is 2.00 bits per heavy atom. The fraction of sp³-hybridized carbons (Fsp3) is 0.938. The second-order valence-corrected chi connectivity index (χ2v) is 8.63. The molecule has 0 N–H and O–H groups in total. The first kappa shape index (κ1) is 20.8. The van der Waals surface area contributed by atoms with Crippen molar-refractivity contribution in [3.63, 3.8) is 0 Å². The SMILES string of the molecule is CC(CC(C)(C)C)OP(OCCC#N)N(C(C)C)C(C)C. The first-order valence-electron chi connectivity index (χ1n) is 7.83. The molecule has 0 heterocycles. The molecule has 0 saturated carbocycles. The van der Waals surface area contributed by atoms with Crippen LogP contribution in [-0.2, 0) is 9.05 Å². The lowest BCUT2D eigenvalue weighted by Crippen LogP contribution is -2.34. The smallest absolute Gasteiger partial charge is 0.259 e. The lowest BCUT2D eigenvalue weighted by Gasteiger charge is -2.37. The van der Waals surface area contributed by atoms with Crippen molar-refractivity contribution >= 4 is 8.53 Å². The van der Waals surface area contributed by atoms with Crippen LogP contribution in [0.5, 0.6) is 0 Å². The molecule has 2 atom stereocenters. The number of hydrogen-bond acceptors (Lipinski definition) is 4. The molecule has 0 aliphatic rings. The second kappa shape index (κ2) is 9.74. The summed E-state index contributed by atoms with van der Waals surface area (Å²) >= 11 is 0. The van der Waals surface area contributed by atoms with Gasteiger partial charge in [-0.2, -0.15) is 5.26 Å². The maximum atomic E-state index is 8.69. The van der Waals surface area contributed by atoms with Gasteiger partial charge < -0.3 is 9.05 Å². The van der Waals surface area contributed by atoms with Gasteiger partial charge in [-0.05, 0) is 46.5 Å². The van der Waals surface area contributed by atoms with Crippen molar-refractivity contribution in [2.45, 2.75) is 86.4 Å². The van der Waals surface area contributed by atoms with Gasteiger partial charge in [-0.15, -0.1) is 0 Å². The maximum absolute atomic E-state index is 8.69. The van der Waals surface area contributed by atoms with Crippen LogP contribution in [-0.4, -0.2) is 29.5 Å². The highest BCUT2D eigenvalue weighted by atomic mass is 31.2. The van der Waals surface area contributed by atoms with Gasteiger partial charge in [0, 0.05) is 12.1 Å². The van der Waals surface area contributed by atoms with Gasteiger partial charge in [-0.1, -0.05) is 20.8 Å². The summed E-state index contributed by atoms with van der Waals surface area (Å²) in [6.07, 6.45) is 1.52. The molecule has 0 bridgehead atoms. The van der Waals surface area contributed by atoms with Gasteiger partial charge in [-0.25, -0.2) is 4.67 Å². The first-order chi connectivity index (χ1) is 9.58. The van der Waals surface area contributed by atoms with Crippen LogP contribution < -0.4 is 0 Å². The Morgan fingerprint density at radius 2 is 1.62 bits per heavy atom. The minimum atomic E-state index is -1.12. The largest absolute Gasteiger partial charge is 0.321 e. The number of nitrogens with zero attached hydrogens (tertiary/aromatic N) is 2. The van der Waals surface area contributed by atoms with Crippen molar-refractivity contribution in [1.82, 2.24) is 4.67 Å². The van der Waals surface area contributed by atoms with Crippen molar-refractivity contribution in [2.24, 2.45) is 5.41 Å². The molecule has 0 aromatic heterocycles. The third kappa shape index (κ3) is 9.42. The van der Waals surface area contributed by atoms with Crippen LogP contribution in [0.4, 0.5) is 0 Å². The topological polar surface area (TPSA) is 45.5 Å². The lowest BCUT2D eigenvalue weighted by atomic mass is 9.90. The van der Waals surface area contributed by atoms with E-state index < -0.39 is 8.53 Å². The average molecular weight is 316 g/mol. The Morgan fingerprint density at radius 1 is 1.10 bits per heavy atom. The summed E-state index contributed by atoms with van der Waals surface area (Å²) in [6.45, 7) is 17.8. The molecule has 0 aromatic carbocycles. The van der Waals surface area contributed by atoms with Gasteiger partial charge in [0.15, 0.2) is 0 Å². The summed E-state index contributed by atoms with van der Waals surface area (Å²) in [5.74, 6) is 0.